The fourth-order valence-electron chi connectivity index (χ4n) is 5.49. The molecule has 1 saturated heterocycles. The molecule has 0 saturated carbocycles. The third-order valence-corrected chi connectivity index (χ3v) is 8.26. The molecule has 206 valence electrons. The Hall–Kier alpha value is -3.84. The minimum Gasteiger partial charge on any atom is -0.457 e. The number of pyridine rings is 1. The standard InChI is InChI=1S/C33H28Cl2N4OS/c1-20-7-12-25(13-8-20)40-26-14-10-24(11-15-26)39-32(31(37-33(39)41)29-6-4-5-17-36-29)27-18-21(2)38(22(27)3)30-16-9-23(34)19-28(30)35/h4-19,31-32H,1-3H3,(H,37,41). The zero-order valence-corrected chi connectivity index (χ0v) is 25.1. The molecule has 0 bridgehead atoms. The van der Waals surface area contributed by atoms with E-state index >= 15 is 0 Å². The van der Waals surface area contributed by atoms with E-state index in [4.69, 9.17) is 45.1 Å². The van der Waals surface area contributed by atoms with Gasteiger partial charge in [0.1, 0.15) is 11.5 Å². The maximum Gasteiger partial charge on any atom is 0.174 e. The van der Waals surface area contributed by atoms with Gasteiger partial charge < -0.3 is 19.5 Å². The highest BCUT2D eigenvalue weighted by molar-refractivity contribution is 7.80. The van der Waals surface area contributed by atoms with Gasteiger partial charge >= 0.3 is 0 Å². The number of thiocarbonyl (C=S) groups is 1. The van der Waals surface area contributed by atoms with E-state index < -0.39 is 0 Å². The van der Waals surface area contributed by atoms with Gasteiger partial charge in [0.2, 0.25) is 0 Å². The highest BCUT2D eigenvalue weighted by atomic mass is 35.5. The van der Waals surface area contributed by atoms with Gasteiger partial charge in [-0.2, -0.15) is 0 Å². The lowest BCUT2D eigenvalue weighted by atomic mass is 9.96. The average Bonchev–Trinajstić information content (AvgIpc) is 3.46. The Morgan fingerprint density at radius 3 is 2.22 bits per heavy atom. The first-order chi connectivity index (χ1) is 19.8. The smallest absolute Gasteiger partial charge is 0.174 e. The second kappa shape index (κ2) is 11.2. The molecule has 2 atom stereocenters. The van der Waals surface area contributed by atoms with E-state index in [0.717, 1.165) is 45.5 Å². The molecular formula is C33H28Cl2N4OS. The summed E-state index contributed by atoms with van der Waals surface area (Å²) in [6.07, 6.45) is 1.81. The Kier molecular flexibility index (Phi) is 7.47. The Labute approximate surface area is 255 Å². The van der Waals surface area contributed by atoms with Crippen molar-refractivity contribution in [1.82, 2.24) is 14.9 Å². The molecule has 2 aromatic heterocycles. The lowest BCUT2D eigenvalue weighted by Crippen LogP contribution is -2.29. The first-order valence-electron chi connectivity index (χ1n) is 13.3. The summed E-state index contributed by atoms with van der Waals surface area (Å²) < 4.78 is 8.25. The largest absolute Gasteiger partial charge is 0.457 e. The van der Waals surface area contributed by atoms with Crippen LogP contribution in [0.2, 0.25) is 10.0 Å². The number of benzene rings is 3. The molecule has 41 heavy (non-hydrogen) atoms. The first kappa shape index (κ1) is 27.3. The number of nitrogens with one attached hydrogen (secondary N) is 1. The van der Waals surface area contributed by atoms with Gasteiger partial charge in [-0.25, -0.2) is 0 Å². The summed E-state index contributed by atoms with van der Waals surface area (Å²) >= 11 is 18.8. The summed E-state index contributed by atoms with van der Waals surface area (Å²) in [6, 6.07) is 29.5. The monoisotopic (exact) mass is 598 g/mol. The van der Waals surface area contributed by atoms with Crippen LogP contribution in [0.3, 0.4) is 0 Å². The molecule has 8 heteroatoms. The average molecular weight is 600 g/mol. The Morgan fingerprint density at radius 2 is 1.56 bits per heavy atom. The molecule has 0 spiro atoms. The lowest BCUT2D eigenvalue weighted by molar-refractivity contribution is 0.482. The highest BCUT2D eigenvalue weighted by Crippen LogP contribution is 2.44. The van der Waals surface area contributed by atoms with Gasteiger partial charge in [-0.3, -0.25) is 4.98 Å². The van der Waals surface area contributed by atoms with E-state index in [-0.39, 0.29) is 12.1 Å². The minimum absolute atomic E-state index is 0.160. The predicted octanol–water partition coefficient (Wildman–Crippen LogP) is 9.07. The number of rotatable bonds is 6. The van der Waals surface area contributed by atoms with Gasteiger partial charge in [0.15, 0.2) is 5.11 Å². The van der Waals surface area contributed by atoms with Crippen molar-refractivity contribution in [2.24, 2.45) is 0 Å². The highest BCUT2D eigenvalue weighted by Gasteiger charge is 2.42. The molecule has 0 radical (unpaired) electrons. The van der Waals surface area contributed by atoms with Gasteiger partial charge in [0.25, 0.3) is 0 Å². The van der Waals surface area contributed by atoms with E-state index in [1.54, 1.807) is 6.07 Å². The van der Waals surface area contributed by atoms with Crippen molar-refractivity contribution in [3.05, 3.63) is 135 Å². The SMILES string of the molecule is Cc1ccc(Oc2ccc(N3C(=S)NC(c4ccccn4)C3c3cc(C)n(-c4ccc(Cl)cc4Cl)c3C)cc2)cc1. The van der Waals surface area contributed by atoms with Crippen LogP contribution in [-0.2, 0) is 0 Å². The zero-order valence-electron chi connectivity index (χ0n) is 22.8. The van der Waals surface area contributed by atoms with Crippen LogP contribution in [0.5, 0.6) is 11.5 Å². The molecule has 0 amide bonds. The van der Waals surface area contributed by atoms with Crippen molar-refractivity contribution in [2.75, 3.05) is 4.90 Å². The van der Waals surface area contributed by atoms with Gasteiger partial charge in [-0.1, -0.05) is 47.0 Å². The molecule has 6 rings (SSSR count). The molecule has 0 aliphatic carbocycles. The zero-order chi connectivity index (χ0) is 28.7. The van der Waals surface area contributed by atoms with E-state index in [1.807, 2.05) is 85.1 Å². The van der Waals surface area contributed by atoms with Gasteiger partial charge in [-0.05, 0) is 111 Å². The fraction of sp³-hybridized carbons (Fsp3) is 0.152. The van der Waals surface area contributed by atoms with Crippen molar-refractivity contribution in [3.63, 3.8) is 0 Å². The molecule has 1 aliphatic rings. The summed E-state index contributed by atoms with van der Waals surface area (Å²) in [6.45, 7) is 6.25. The number of hydrogen-bond donors (Lipinski definition) is 1. The van der Waals surface area contributed by atoms with Crippen molar-refractivity contribution >= 4 is 46.2 Å². The fourth-order valence-corrected chi connectivity index (χ4v) is 6.33. The molecular weight excluding hydrogens is 571 g/mol. The number of aryl methyl sites for hydroxylation is 2. The molecule has 5 nitrogen and oxygen atoms in total. The number of hydrogen-bond acceptors (Lipinski definition) is 3. The third-order valence-electron chi connectivity index (χ3n) is 7.41. The summed E-state index contributed by atoms with van der Waals surface area (Å²) in [5.41, 5.74) is 7.18. The number of nitrogens with zero attached hydrogens (tertiary/aromatic N) is 3. The minimum atomic E-state index is -0.165. The number of aromatic nitrogens is 2. The van der Waals surface area contributed by atoms with Crippen molar-refractivity contribution in [2.45, 2.75) is 32.9 Å². The van der Waals surface area contributed by atoms with Crippen molar-refractivity contribution < 1.29 is 4.74 Å². The van der Waals surface area contributed by atoms with E-state index in [9.17, 15) is 0 Å². The molecule has 3 heterocycles. The Bertz CT molecular complexity index is 1720. The molecule has 1 fully saturated rings. The summed E-state index contributed by atoms with van der Waals surface area (Å²) in [5, 5.41) is 5.38. The summed E-state index contributed by atoms with van der Waals surface area (Å²) in [7, 11) is 0. The van der Waals surface area contributed by atoms with Crippen LogP contribution in [-0.4, -0.2) is 14.7 Å². The number of halogens is 2. The number of anilines is 1. The van der Waals surface area contributed by atoms with Gasteiger partial charge in [-0.15, -0.1) is 0 Å². The van der Waals surface area contributed by atoms with Crippen LogP contribution in [0.15, 0.2) is 97.2 Å². The Morgan fingerprint density at radius 1 is 0.854 bits per heavy atom. The van der Waals surface area contributed by atoms with Crippen LogP contribution >= 0.6 is 35.4 Å². The van der Waals surface area contributed by atoms with Crippen LogP contribution in [0.4, 0.5) is 5.69 Å². The summed E-state index contributed by atoms with van der Waals surface area (Å²) in [4.78, 5) is 6.86. The third kappa shape index (κ3) is 5.31. The molecule has 3 aromatic carbocycles. The van der Waals surface area contributed by atoms with Crippen LogP contribution in [0.1, 0.15) is 40.3 Å². The van der Waals surface area contributed by atoms with Crippen molar-refractivity contribution in [3.8, 4) is 17.2 Å². The normalized spacial score (nSPS) is 16.6. The van der Waals surface area contributed by atoms with Crippen molar-refractivity contribution in [1.29, 1.82) is 0 Å². The molecule has 1 N–H and O–H groups in total. The number of ether oxygens (including phenoxy) is 1. The summed E-state index contributed by atoms with van der Waals surface area (Å²) in [5.74, 6) is 1.55. The van der Waals surface area contributed by atoms with E-state index in [1.165, 1.54) is 5.56 Å². The Balaban J connectivity index is 1.41. The quantitative estimate of drug-likeness (QED) is 0.197. The van der Waals surface area contributed by atoms with Gasteiger partial charge in [0.05, 0.1) is 28.5 Å². The van der Waals surface area contributed by atoms with E-state index in [0.29, 0.717) is 15.2 Å². The second-order valence-corrected chi connectivity index (χ2v) is 11.4. The van der Waals surface area contributed by atoms with Gasteiger partial charge in [0, 0.05) is 28.3 Å². The van der Waals surface area contributed by atoms with Crippen LogP contribution < -0.4 is 15.0 Å². The first-order valence-corrected chi connectivity index (χ1v) is 14.5. The van der Waals surface area contributed by atoms with Crippen LogP contribution in [0, 0.1) is 20.8 Å². The second-order valence-electron chi connectivity index (χ2n) is 10.2. The maximum absolute atomic E-state index is 6.66. The van der Waals surface area contributed by atoms with E-state index in [2.05, 4.69) is 41.6 Å². The van der Waals surface area contributed by atoms with Crippen LogP contribution in [0.25, 0.3) is 5.69 Å². The molecule has 5 aromatic rings. The molecule has 1 aliphatic heterocycles. The maximum atomic E-state index is 6.66. The topological polar surface area (TPSA) is 42.3 Å². The predicted molar refractivity (Wildman–Crippen MR) is 171 cm³/mol. The lowest BCUT2D eigenvalue weighted by Gasteiger charge is -2.28. The molecule has 2 unspecified atom stereocenters.